The zero-order valence-corrected chi connectivity index (χ0v) is 31.5. The molecule has 282 valence electrons. The van der Waals surface area contributed by atoms with E-state index in [0.717, 1.165) is 11.1 Å². The SMILES string of the molecule is C[C@H](O)C(=O)Nc1ccc(CN2C(=O)[C@@]3(O[C@@H](CC(=O)N4Cc5ccccc5C[C@H]4CO)[C@H]([Si](C)(C)F)[C@H]3C)c3cc(NC(=O)[C@H](C)O)ccc32)cc1. The van der Waals surface area contributed by atoms with Gasteiger partial charge in [-0.1, -0.05) is 43.3 Å². The average Bonchev–Trinajstić information content (AvgIpc) is 3.53. The van der Waals surface area contributed by atoms with Gasteiger partial charge in [-0.3, -0.25) is 19.2 Å². The van der Waals surface area contributed by atoms with E-state index in [4.69, 9.17) is 4.74 Å². The van der Waals surface area contributed by atoms with Gasteiger partial charge in [0.05, 0.1) is 37.4 Å². The Kier molecular flexibility index (Phi) is 10.6. The molecule has 5 N–H and O–H groups in total. The van der Waals surface area contributed by atoms with Gasteiger partial charge in [0, 0.05) is 34.9 Å². The predicted octanol–water partition coefficient (Wildman–Crippen LogP) is 3.98. The summed E-state index contributed by atoms with van der Waals surface area (Å²) in [5.74, 6) is -2.68. The lowest BCUT2D eigenvalue weighted by atomic mass is 9.82. The Morgan fingerprint density at radius 2 is 1.57 bits per heavy atom. The minimum Gasteiger partial charge on any atom is -0.394 e. The van der Waals surface area contributed by atoms with Crippen molar-refractivity contribution in [3.05, 3.63) is 89.0 Å². The van der Waals surface area contributed by atoms with Crippen molar-refractivity contribution in [3.8, 4) is 0 Å². The minimum absolute atomic E-state index is 0.0871. The van der Waals surface area contributed by atoms with Gasteiger partial charge in [-0.2, -0.15) is 0 Å². The van der Waals surface area contributed by atoms with Crippen molar-refractivity contribution in [3.63, 3.8) is 0 Å². The van der Waals surface area contributed by atoms with Gasteiger partial charge in [-0.25, -0.2) is 0 Å². The van der Waals surface area contributed by atoms with Crippen LogP contribution in [0.15, 0.2) is 66.7 Å². The Morgan fingerprint density at radius 1 is 0.962 bits per heavy atom. The molecular weight excluding hydrogens is 700 g/mol. The summed E-state index contributed by atoms with van der Waals surface area (Å²) in [5.41, 5.74) is 1.92. The molecule has 3 aliphatic rings. The molecule has 0 bridgehead atoms. The highest BCUT2D eigenvalue weighted by Gasteiger charge is 2.67. The number of rotatable bonds is 10. The van der Waals surface area contributed by atoms with Gasteiger partial charge in [0.15, 0.2) is 5.60 Å². The molecule has 7 atom stereocenters. The molecule has 14 heteroatoms. The molecule has 3 aliphatic heterocycles. The van der Waals surface area contributed by atoms with Crippen LogP contribution in [0.5, 0.6) is 0 Å². The van der Waals surface area contributed by atoms with Crippen LogP contribution >= 0.6 is 0 Å². The van der Waals surface area contributed by atoms with Crippen LogP contribution in [0.2, 0.25) is 18.6 Å². The van der Waals surface area contributed by atoms with Crippen LogP contribution in [-0.4, -0.2) is 83.2 Å². The Labute approximate surface area is 309 Å². The fraction of sp³-hybridized carbons (Fsp3) is 0.436. The second-order valence-corrected chi connectivity index (χ2v) is 18.8. The van der Waals surface area contributed by atoms with Gasteiger partial charge < -0.3 is 44.6 Å². The van der Waals surface area contributed by atoms with Gasteiger partial charge in [0.1, 0.15) is 12.2 Å². The quantitative estimate of drug-likeness (QED) is 0.153. The molecule has 1 saturated heterocycles. The van der Waals surface area contributed by atoms with E-state index in [0.29, 0.717) is 34.6 Å². The number of benzene rings is 3. The number of ether oxygens (including phenoxy) is 1. The summed E-state index contributed by atoms with van der Waals surface area (Å²) in [6, 6.07) is 19.0. The number of aliphatic hydroxyl groups is 3. The number of halogens is 1. The smallest absolute Gasteiger partial charge is 0.264 e. The van der Waals surface area contributed by atoms with Gasteiger partial charge in [0.25, 0.3) is 17.7 Å². The molecule has 6 rings (SSSR count). The summed E-state index contributed by atoms with van der Waals surface area (Å²) in [6.45, 7) is 7.72. The number of nitrogens with one attached hydrogen (secondary N) is 2. The van der Waals surface area contributed by atoms with E-state index in [1.165, 1.54) is 13.8 Å². The van der Waals surface area contributed by atoms with Crippen LogP contribution in [-0.2, 0) is 49.0 Å². The maximum absolute atomic E-state index is 16.6. The van der Waals surface area contributed by atoms with Crippen molar-refractivity contribution in [2.75, 3.05) is 22.1 Å². The third kappa shape index (κ3) is 7.25. The highest BCUT2D eigenvalue weighted by Crippen LogP contribution is 2.60. The number of hydrogen-bond acceptors (Lipinski definition) is 8. The zero-order chi connectivity index (χ0) is 38.4. The van der Waals surface area contributed by atoms with Crippen LogP contribution in [0.25, 0.3) is 0 Å². The second-order valence-electron chi connectivity index (χ2n) is 15.0. The minimum atomic E-state index is -3.64. The third-order valence-corrected chi connectivity index (χ3v) is 13.3. The first-order chi connectivity index (χ1) is 25.0. The number of amides is 4. The van der Waals surface area contributed by atoms with E-state index in [1.807, 2.05) is 24.3 Å². The summed E-state index contributed by atoms with van der Waals surface area (Å²) in [7, 11) is -3.64. The molecule has 1 spiro atoms. The van der Waals surface area contributed by atoms with Crippen LogP contribution in [0.1, 0.15) is 49.4 Å². The topological polar surface area (TPSA) is 169 Å². The monoisotopic (exact) mass is 746 g/mol. The summed E-state index contributed by atoms with van der Waals surface area (Å²) in [6.07, 6.45) is -3.18. The first kappa shape index (κ1) is 38.3. The third-order valence-electron chi connectivity index (χ3n) is 10.8. The molecule has 0 aliphatic carbocycles. The summed E-state index contributed by atoms with van der Waals surface area (Å²) < 4.78 is 23.4. The highest BCUT2D eigenvalue weighted by molar-refractivity contribution is 6.72. The molecule has 4 amide bonds. The molecule has 1 fully saturated rings. The second kappa shape index (κ2) is 14.7. The molecule has 0 unspecified atom stereocenters. The Hall–Kier alpha value is -4.47. The largest absolute Gasteiger partial charge is 0.394 e. The standard InChI is InChI=1S/C39H47FN4O8Si/c1-22-35(53(4,5)40)33(18-34(48)43-20-27-9-7-6-8-26(27)16-30(43)21-45)52-39(22)31-17-29(42-37(50)24(3)47)14-15-32(31)44(38(39)51)19-25-10-12-28(13-11-25)41-36(49)23(2)46/h6-15,17,22-24,30,33,35,45-47H,16,18-21H2,1-5H3,(H,41,49)(H,42,50)/t22-,23+,24+,30+,33+,35-,39+/m1/s1. The van der Waals surface area contributed by atoms with Gasteiger partial charge in [0.2, 0.25) is 14.3 Å². The van der Waals surface area contributed by atoms with Crippen molar-refractivity contribution in [1.29, 1.82) is 0 Å². The summed E-state index contributed by atoms with van der Waals surface area (Å²) >= 11 is 0. The van der Waals surface area contributed by atoms with Crippen molar-refractivity contribution < 1.29 is 43.3 Å². The molecule has 12 nitrogen and oxygen atoms in total. The first-order valence-corrected chi connectivity index (χ1v) is 20.9. The van der Waals surface area contributed by atoms with Gasteiger partial charge in [-0.15, -0.1) is 0 Å². The maximum Gasteiger partial charge on any atom is 0.264 e. The van der Waals surface area contributed by atoms with E-state index >= 15 is 4.11 Å². The number of anilines is 3. The first-order valence-electron chi connectivity index (χ1n) is 17.9. The lowest BCUT2D eigenvalue weighted by Crippen LogP contribution is -2.48. The van der Waals surface area contributed by atoms with Crippen LogP contribution in [0.4, 0.5) is 21.2 Å². The number of carbonyl (C=O) groups excluding carboxylic acids is 4. The molecule has 53 heavy (non-hydrogen) atoms. The van der Waals surface area contributed by atoms with E-state index in [2.05, 4.69) is 10.6 Å². The fourth-order valence-electron chi connectivity index (χ4n) is 8.18. The molecular formula is C39H47FN4O8Si. The lowest BCUT2D eigenvalue weighted by molar-refractivity contribution is -0.151. The van der Waals surface area contributed by atoms with Crippen LogP contribution in [0, 0.1) is 5.92 Å². The van der Waals surface area contributed by atoms with Crippen molar-refractivity contribution in [2.45, 2.75) is 95.3 Å². The Balaban J connectivity index is 1.36. The summed E-state index contributed by atoms with van der Waals surface area (Å²) in [5, 5.41) is 35.0. The zero-order valence-electron chi connectivity index (χ0n) is 30.5. The molecule has 0 radical (unpaired) electrons. The van der Waals surface area contributed by atoms with E-state index in [1.54, 1.807) is 72.3 Å². The number of nitrogens with zero attached hydrogens (tertiary/aromatic N) is 2. The normalized spacial score (nSPS) is 24.8. The number of aliphatic hydroxyl groups excluding tert-OH is 3. The molecule has 0 aromatic heterocycles. The molecule has 3 aromatic rings. The highest BCUT2D eigenvalue weighted by atomic mass is 28.4. The van der Waals surface area contributed by atoms with Crippen molar-refractivity contribution >= 4 is 49.1 Å². The number of carbonyl (C=O) groups is 4. The predicted molar refractivity (Wildman–Crippen MR) is 199 cm³/mol. The lowest BCUT2D eigenvalue weighted by Gasteiger charge is -2.37. The van der Waals surface area contributed by atoms with E-state index < -0.39 is 67.5 Å². The number of hydrogen-bond donors (Lipinski definition) is 5. The molecule has 0 saturated carbocycles. The van der Waals surface area contributed by atoms with Crippen molar-refractivity contribution in [1.82, 2.24) is 4.90 Å². The maximum atomic E-state index is 16.6. The summed E-state index contributed by atoms with van der Waals surface area (Å²) in [4.78, 5) is 56.7. The number of fused-ring (bicyclic) bond motifs is 3. The fourth-order valence-corrected chi connectivity index (χ4v) is 10.7. The van der Waals surface area contributed by atoms with E-state index in [9.17, 15) is 34.5 Å². The van der Waals surface area contributed by atoms with Gasteiger partial charge >= 0.3 is 0 Å². The molecule has 3 aromatic carbocycles. The van der Waals surface area contributed by atoms with Crippen LogP contribution in [0.3, 0.4) is 0 Å². The molecule has 3 heterocycles. The van der Waals surface area contributed by atoms with Crippen LogP contribution < -0.4 is 15.5 Å². The van der Waals surface area contributed by atoms with Gasteiger partial charge in [-0.05, 0) is 80.4 Å². The average molecular weight is 747 g/mol. The Morgan fingerprint density at radius 3 is 2.17 bits per heavy atom. The van der Waals surface area contributed by atoms with Crippen molar-refractivity contribution in [2.24, 2.45) is 5.92 Å². The van der Waals surface area contributed by atoms with E-state index in [-0.39, 0.29) is 32.0 Å². The Bertz CT molecular complexity index is 1900.